The minimum atomic E-state index is -0.490. The molecule has 1 aromatic carbocycles. The van der Waals surface area contributed by atoms with E-state index in [9.17, 15) is 14.9 Å². The summed E-state index contributed by atoms with van der Waals surface area (Å²) in [4.78, 5) is 22.7. The molecule has 0 spiro atoms. The van der Waals surface area contributed by atoms with Crippen LogP contribution in [0.3, 0.4) is 0 Å². The minimum absolute atomic E-state index is 0.0493. The van der Waals surface area contributed by atoms with E-state index in [4.69, 9.17) is 5.73 Å². The van der Waals surface area contributed by atoms with Gasteiger partial charge in [-0.25, -0.2) is 0 Å². The number of nitrogens with zero attached hydrogens (tertiary/aromatic N) is 1. The van der Waals surface area contributed by atoms with Crippen molar-refractivity contribution in [1.29, 1.82) is 0 Å². The summed E-state index contributed by atoms with van der Waals surface area (Å²) in [6, 6.07) is 2.98. The van der Waals surface area contributed by atoms with E-state index in [0.717, 1.165) is 31.2 Å². The molecule has 1 amide bonds. The van der Waals surface area contributed by atoms with Gasteiger partial charge in [0, 0.05) is 11.8 Å². The first-order chi connectivity index (χ1) is 9.58. The number of nitro groups is 1. The van der Waals surface area contributed by atoms with E-state index in [1.165, 1.54) is 18.6 Å². The minimum Gasteiger partial charge on any atom is -0.393 e. The van der Waals surface area contributed by atoms with Crippen LogP contribution in [0.2, 0.25) is 0 Å². The summed E-state index contributed by atoms with van der Waals surface area (Å²) in [5, 5.41) is 13.8. The molecule has 3 N–H and O–H groups in total. The zero-order valence-electron chi connectivity index (χ0n) is 11.1. The molecule has 0 saturated heterocycles. The number of rotatable bonds is 2. The molecule has 1 atom stereocenters. The number of carbonyl (C=O) groups excluding carboxylic acids is 1. The van der Waals surface area contributed by atoms with Gasteiger partial charge in [0.2, 0.25) is 5.91 Å². The summed E-state index contributed by atoms with van der Waals surface area (Å²) < 4.78 is 0. The van der Waals surface area contributed by atoms with E-state index in [-0.39, 0.29) is 29.1 Å². The Balaban J connectivity index is 2.01. The summed E-state index contributed by atoms with van der Waals surface area (Å²) in [5.41, 5.74) is 7.03. The molecule has 3 rings (SSSR count). The molecular weight excluding hydrogens is 258 g/mol. The number of nitrogens with one attached hydrogen (secondary N) is 1. The van der Waals surface area contributed by atoms with Gasteiger partial charge in [-0.2, -0.15) is 0 Å². The molecule has 1 aromatic rings. The number of nitrogen functional groups attached to an aromatic ring is 1. The molecule has 106 valence electrons. The van der Waals surface area contributed by atoms with Crippen molar-refractivity contribution in [1.82, 2.24) is 0 Å². The molecule has 2 aliphatic rings. The van der Waals surface area contributed by atoms with Crippen molar-refractivity contribution in [2.45, 2.75) is 38.0 Å². The second-order valence-electron chi connectivity index (χ2n) is 5.62. The van der Waals surface area contributed by atoms with Crippen molar-refractivity contribution in [2.24, 2.45) is 5.92 Å². The maximum absolute atomic E-state index is 12.2. The van der Waals surface area contributed by atoms with Crippen molar-refractivity contribution < 1.29 is 9.72 Å². The molecule has 0 aromatic heterocycles. The molecule has 6 nitrogen and oxygen atoms in total. The molecule has 1 aliphatic carbocycles. The van der Waals surface area contributed by atoms with Crippen molar-refractivity contribution in [2.75, 3.05) is 11.1 Å². The predicted molar refractivity (Wildman–Crippen MR) is 75.5 cm³/mol. The topological polar surface area (TPSA) is 98.3 Å². The van der Waals surface area contributed by atoms with Crippen LogP contribution in [0.4, 0.5) is 17.1 Å². The number of benzene rings is 1. The van der Waals surface area contributed by atoms with Gasteiger partial charge in [0.25, 0.3) is 5.69 Å². The van der Waals surface area contributed by atoms with E-state index in [0.29, 0.717) is 5.69 Å². The van der Waals surface area contributed by atoms with E-state index >= 15 is 0 Å². The van der Waals surface area contributed by atoms with Crippen LogP contribution >= 0.6 is 0 Å². The number of amides is 1. The number of anilines is 2. The average molecular weight is 275 g/mol. The smallest absolute Gasteiger partial charge is 0.292 e. The van der Waals surface area contributed by atoms with E-state index < -0.39 is 4.92 Å². The summed E-state index contributed by atoms with van der Waals surface area (Å²) in [6.07, 6.45) is 5.48. The summed E-state index contributed by atoms with van der Waals surface area (Å²) in [5.74, 6) is -0.0235. The average Bonchev–Trinajstić information content (AvgIpc) is 2.73. The van der Waals surface area contributed by atoms with Crippen LogP contribution in [0, 0.1) is 16.0 Å². The number of nitro benzene ring substituents is 1. The molecular formula is C14H17N3O3. The van der Waals surface area contributed by atoms with Gasteiger partial charge in [0.15, 0.2) is 0 Å². The monoisotopic (exact) mass is 275 g/mol. The van der Waals surface area contributed by atoms with Crippen LogP contribution < -0.4 is 11.1 Å². The van der Waals surface area contributed by atoms with Crippen molar-refractivity contribution >= 4 is 23.0 Å². The van der Waals surface area contributed by atoms with Crippen molar-refractivity contribution in [3.05, 3.63) is 27.8 Å². The molecule has 0 bridgehead atoms. The van der Waals surface area contributed by atoms with Gasteiger partial charge in [-0.1, -0.05) is 19.3 Å². The van der Waals surface area contributed by atoms with Crippen LogP contribution in [0.25, 0.3) is 0 Å². The Kier molecular flexibility index (Phi) is 3.08. The Morgan fingerprint density at radius 3 is 2.60 bits per heavy atom. The molecule has 1 unspecified atom stereocenters. The highest BCUT2D eigenvalue weighted by atomic mass is 16.6. The standard InChI is InChI=1S/C14H17N3O3/c15-10-7-11-9(6-12(10)17(19)20)13(14(18)16-11)8-4-2-1-3-5-8/h6-8,13H,1-5,15H2,(H,16,18). The van der Waals surface area contributed by atoms with Gasteiger partial charge < -0.3 is 11.1 Å². The lowest BCUT2D eigenvalue weighted by Gasteiger charge is -2.26. The van der Waals surface area contributed by atoms with Gasteiger partial charge in [0.1, 0.15) is 5.69 Å². The van der Waals surface area contributed by atoms with Gasteiger partial charge >= 0.3 is 0 Å². The normalized spacial score (nSPS) is 22.4. The Morgan fingerprint density at radius 1 is 1.25 bits per heavy atom. The molecule has 1 fully saturated rings. The summed E-state index contributed by atoms with van der Waals surface area (Å²) in [7, 11) is 0. The molecule has 0 radical (unpaired) electrons. The van der Waals surface area contributed by atoms with E-state index in [1.54, 1.807) is 0 Å². The van der Waals surface area contributed by atoms with Crippen LogP contribution in [0.1, 0.15) is 43.6 Å². The molecule has 6 heteroatoms. The lowest BCUT2D eigenvalue weighted by Crippen LogP contribution is -2.22. The Labute approximate surface area is 116 Å². The van der Waals surface area contributed by atoms with E-state index in [1.807, 2.05) is 0 Å². The number of carbonyl (C=O) groups is 1. The van der Waals surface area contributed by atoms with Crippen LogP contribution in [0.5, 0.6) is 0 Å². The fourth-order valence-electron chi connectivity index (χ4n) is 3.43. The van der Waals surface area contributed by atoms with Crippen LogP contribution in [0.15, 0.2) is 12.1 Å². The fraction of sp³-hybridized carbons (Fsp3) is 0.500. The Bertz CT molecular complexity index is 579. The molecule has 20 heavy (non-hydrogen) atoms. The molecule has 1 saturated carbocycles. The second kappa shape index (κ2) is 4.77. The summed E-state index contributed by atoms with van der Waals surface area (Å²) >= 11 is 0. The lowest BCUT2D eigenvalue weighted by atomic mass is 9.77. The third-order valence-corrected chi connectivity index (χ3v) is 4.39. The second-order valence-corrected chi connectivity index (χ2v) is 5.62. The predicted octanol–water partition coefficient (Wildman–Crippen LogP) is 2.79. The van der Waals surface area contributed by atoms with Crippen molar-refractivity contribution in [3.8, 4) is 0 Å². The van der Waals surface area contributed by atoms with E-state index in [2.05, 4.69) is 5.32 Å². The molecule has 1 heterocycles. The number of nitrogens with two attached hydrogens (primary N) is 1. The zero-order valence-corrected chi connectivity index (χ0v) is 11.1. The SMILES string of the molecule is Nc1cc2c(cc1[N+](=O)[O-])C(C1CCCCC1)C(=O)N2. The number of hydrogen-bond acceptors (Lipinski definition) is 4. The first-order valence-electron chi connectivity index (χ1n) is 6.96. The maximum Gasteiger partial charge on any atom is 0.292 e. The van der Waals surface area contributed by atoms with Crippen molar-refractivity contribution in [3.63, 3.8) is 0 Å². The highest BCUT2D eigenvalue weighted by Crippen LogP contribution is 2.45. The first kappa shape index (κ1) is 12.9. The van der Waals surface area contributed by atoms with Crippen LogP contribution in [-0.2, 0) is 4.79 Å². The Hall–Kier alpha value is -2.11. The zero-order chi connectivity index (χ0) is 14.3. The highest BCUT2D eigenvalue weighted by molar-refractivity contribution is 6.04. The van der Waals surface area contributed by atoms with Crippen LogP contribution in [-0.4, -0.2) is 10.8 Å². The number of fused-ring (bicyclic) bond motifs is 1. The third-order valence-electron chi connectivity index (χ3n) is 4.39. The van der Waals surface area contributed by atoms with Gasteiger partial charge in [0.05, 0.1) is 10.8 Å². The third kappa shape index (κ3) is 2.01. The highest BCUT2D eigenvalue weighted by Gasteiger charge is 2.38. The van der Waals surface area contributed by atoms with Gasteiger partial charge in [-0.3, -0.25) is 14.9 Å². The van der Waals surface area contributed by atoms with Gasteiger partial charge in [-0.05, 0) is 30.4 Å². The Morgan fingerprint density at radius 2 is 1.95 bits per heavy atom. The largest absolute Gasteiger partial charge is 0.393 e. The fourth-order valence-corrected chi connectivity index (χ4v) is 3.43. The summed E-state index contributed by atoms with van der Waals surface area (Å²) in [6.45, 7) is 0. The first-order valence-corrected chi connectivity index (χ1v) is 6.96. The quantitative estimate of drug-likeness (QED) is 0.492. The lowest BCUT2D eigenvalue weighted by molar-refractivity contribution is -0.383. The molecule has 1 aliphatic heterocycles. The maximum atomic E-state index is 12.2. The van der Waals surface area contributed by atoms with Gasteiger partial charge in [-0.15, -0.1) is 0 Å². The number of hydrogen-bond donors (Lipinski definition) is 2.